The number of rotatable bonds is 8. The number of hydrogen-bond donors (Lipinski definition) is 2. The highest BCUT2D eigenvalue weighted by Crippen LogP contribution is 2.11. The van der Waals surface area contributed by atoms with Gasteiger partial charge < -0.3 is 10.6 Å². The van der Waals surface area contributed by atoms with Crippen LogP contribution >= 0.6 is 12.2 Å². The van der Waals surface area contributed by atoms with Gasteiger partial charge in [0.25, 0.3) is 0 Å². The topological polar surface area (TPSA) is 54.2 Å². The zero-order chi connectivity index (χ0) is 15.8. The SMILES string of the molecule is CCCC[C@@H](CC)CNC(=S)NCc1nnc2ccccn12. The Morgan fingerprint density at radius 1 is 1.27 bits per heavy atom. The summed E-state index contributed by atoms with van der Waals surface area (Å²) in [7, 11) is 0. The summed E-state index contributed by atoms with van der Waals surface area (Å²) in [6.45, 7) is 5.97. The number of fused-ring (bicyclic) bond motifs is 1. The number of aromatic nitrogens is 3. The minimum atomic E-state index is 0.572. The Balaban J connectivity index is 1.78. The first-order chi connectivity index (χ1) is 10.7. The van der Waals surface area contributed by atoms with Crippen LogP contribution in [0, 0.1) is 5.92 Å². The zero-order valence-electron chi connectivity index (χ0n) is 13.4. The molecule has 0 radical (unpaired) electrons. The third-order valence-corrected chi connectivity index (χ3v) is 4.17. The molecule has 0 saturated heterocycles. The molecule has 6 heteroatoms. The number of pyridine rings is 1. The standard InChI is InChI=1S/C16H25N5S/c1-3-5-8-13(4-2)11-17-16(22)18-12-15-20-19-14-9-6-7-10-21(14)15/h6-7,9-10,13H,3-5,8,11-12H2,1-2H3,(H2,17,18,22)/t13-/m1/s1. The molecule has 0 aliphatic heterocycles. The van der Waals surface area contributed by atoms with E-state index in [4.69, 9.17) is 12.2 Å². The number of thiocarbonyl (C=S) groups is 1. The number of unbranched alkanes of at least 4 members (excludes halogenated alkanes) is 1. The molecule has 0 amide bonds. The van der Waals surface area contributed by atoms with Crippen LogP contribution in [-0.4, -0.2) is 26.3 Å². The van der Waals surface area contributed by atoms with Crippen LogP contribution in [0.1, 0.15) is 45.4 Å². The average Bonchev–Trinajstić information content (AvgIpc) is 2.96. The molecule has 2 rings (SSSR count). The molecule has 0 aromatic carbocycles. The van der Waals surface area contributed by atoms with Gasteiger partial charge in [-0.3, -0.25) is 4.40 Å². The second-order valence-electron chi connectivity index (χ2n) is 5.53. The molecule has 22 heavy (non-hydrogen) atoms. The molecule has 0 spiro atoms. The van der Waals surface area contributed by atoms with E-state index in [1.807, 2.05) is 28.8 Å². The van der Waals surface area contributed by atoms with Gasteiger partial charge in [0.1, 0.15) is 0 Å². The molecule has 0 fully saturated rings. The molecule has 0 bridgehead atoms. The summed E-state index contributed by atoms with van der Waals surface area (Å²) in [6.07, 6.45) is 6.94. The Labute approximate surface area is 137 Å². The lowest BCUT2D eigenvalue weighted by Crippen LogP contribution is -2.37. The minimum Gasteiger partial charge on any atom is -0.362 e. The Bertz CT molecular complexity index is 595. The van der Waals surface area contributed by atoms with E-state index in [9.17, 15) is 0 Å². The number of nitrogens with zero attached hydrogens (tertiary/aromatic N) is 3. The monoisotopic (exact) mass is 319 g/mol. The third kappa shape index (κ3) is 4.66. The number of hydrogen-bond acceptors (Lipinski definition) is 3. The highest BCUT2D eigenvalue weighted by Gasteiger charge is 2.08. The molecular formula is C16H25N5S. The van der Waals surface area contributed by atoms with Crippen LogP contribution in [0.5, 0.6) is 0 Å². The highest BCUT2D eigenvalue weighted by atomic mass is 32.1. The van der Waals surface area contributed by atoms with Crippen molar-refractivity contribution in [1.29, 1.82) is 0 Å². The van der Waals surface area contributed by atoms with E-state index in [0.29, 0.717) is 17.6 Å². The molecular weight excluding hydrogens is 294 g/mol. The maximum Gasteiger partial charge on any atom is 0.166 e. The van der Waals surface area contributed by atoms with Crippen LogP contribution in [0.4, 0.5) is 0 Å². The first kappa shape index (κ1) is 16.7. The second-order valence-corrected chi connectivity index (χ2v) is 5.93. The first-order valence-electron chi connectivity index (χ1n) is 8.05. The average molecular weight is 319 g/mol. The maximum atomic E-state index is 5.35. The van der Waals surface area contributed by atoms with Crippen LogP contribution in [0.3, 0.4) is 0 Å². The molecule has 0 aliphatic rings. The second kappa shape index (κ2) is 8.68. The van der Waals surface area contributed by atoms with Gasteiger partial charge in [-0.15, -0.1) is 10.2 Å². The molecule has 2 N–H and O–H groups in total. The largest absolute Gasteiger partial charge is 0.362 e. The fourth-order valence-corrected chi connectivity index (χ4v) is 2.57. The van der Waals surface area contributed by atoms with Crippen molar-refractivity contribution in [2.75, 3.05) is 6.54 Å². The molecule has 1 atom stereocenters. The zero-order valence-corrected chi connectivity index (χ0v) is 14.2. The van der Waals surface area contributed by atoms with Gasteiger partial charge in [-0.25, -0.2) is 0 Å². The van der Waals surface area contributed by atoms with Crippen molar-refractivity contribution in [1.82, 2.24) is 25.2 Å². The van der Waals surface area contributed by atoms with Gasteiger partial charge in [-0.1, -0.05) is 39.2 Å². The Hall–Kier alpha value is -1.69. The summed E-state index contributed by atoms with van der Waals surface area (Å²) in [6, 6.07) is 5.86. The Morgan fingerprint density at radius 3 is 2.91 bits per heavy atom. The van der Waals surface area contributed by atoms with Gasteiger partial charge in [0, 0.05) is 12.7 Å². The van der Waals surface area contributed by atoms with Gasteiger partial charge in [0.15, 0.2) is 16.6 Å². The maximum absolute atomic E-state index is 5.35. The molecule has 0 saturated carbocycles. The quantitative estimate of drug-likeness (QED) is 0.733. The van der Waals surface area contributed by atoms with Gasteiger partial charge in [0.2, 0.25) is 0 Å². The number of nitrogens with one attached hydrogen (secondary N) is 2. The summed E-state index contributed by atoms with van der Waals surface area (Å²) in [5.74, 6) is 1.55. The van der Waals surface area contributed by atoms with Gasteiger partial charge in [0.05, 0.1) is 6.54 Å². The molecule has 0 aliphatic carbocycles. The fourth-order valence-electron chi connectivity index (χ4n) is 2.41. The van der Waals surface area contributed by atoms with Crippen molar-refractivity contribution in [3.63, 3.8) is 0 Å². The van der Waals surface area contributed by atoms with Crippen LogP contribution in [0.25, 0.3) is 5.65 Å². The Kier molecular flexibility index (Phi) is 6.58. The summed E-state index contributed by atoms with van der Waals surface area (Å²) in [5.41, 5.74) is 0.851. The molecule has 2 aromatic rings. The third-order valence-electron chi connectivity index (χ3n) is 3.89. The predicted molar refractivity (Wildman–Crippen MR) is 93.7 cm³/mol. The van der Waals surface area contributed by atoms with E-state index in [0.717, 1.165) is 18.0 Å². The summed E-state index contributed by atoms with van der Waals surface area (Å²) < 4.78 is 1.96. The van der Waals surface area contributed by atoms with Crippen LogP contribution in [0.2, 0.25) is 0 Å². The van der Waals surface area contributed by atoms with Gasteiger partial charge in [-0.05, 0) is 36.7 Å². The van der Waals surface area contributed by atoms with Gasteiger partial charge >= 0.3 is 0 Å². The van der Waals surface area contributed by atoms with E-state index in [2.05, 4.69) is 34.7 Å². The van der Waals surface area contributed by atoms with Crippen molar-refractivity contribution < 1.29 is 0 Å². The fraction of sp³-hybridized carbons (Fsp3) is 0.562. The van der Waals surface area contributed by atoms with Crippen molar-refractivity contribution in [3.05, 3.63) is 30.2 Å². The van der Waals surface area contributed by atoms with Crippen molar-refractivity contribution in [2.24, 2.45) is 5.92 Å². The smallest absolute Gasteiger partial charge is 0.166 e. The Morgan fingerprint density at radius 2 is 2.14 bits per heavy atom. The van der Waals surface area contributed by atoms with Crippen LogP contribution in [-0.2, 0) is 6.54 Å². The van der Waals surface area contributed by atoms with Crippen LogP contribution in [0.15, 0.2) is 24.4 Å². The van der Waals surface area contributed by atoms with E-state index in [1.165, 1.54) is 25.7 Å². The molecule has 2 aromatic heterocycles. The highest BCUT2D eigenvalue weighted by molar-refractivity contribution is 7.80. The summed E-state index contributed by atoms with van der Waals surface area (Å²) in [4.78, 5) is 0. The molecule has 120 valence electrons. The lowest BCUT2D eigenvalue weighted by atomic mass is 9.99. The van der Waals surface area contributed by atoms with Crippen molar-refractivity contribution >= 4 is 23.0 Å². The van der Waals surface area contributed by atoms with Gasteiger partial charge in [-0.2, -0.15) is 0 Å². The minimum absolute atomic E-state index is 0.572. The molecule has 2 heterocycles. The van der Waals surface area contributed by atoms with Crippen LogP contribution < -0.4 is 10.6 Å². The summed E-state index contributed by atoms with van der Waals surface area (Å²) in [5, 5.41) is 15.5. The van der Waals surface area contributed by atoms with E-state index < -0.39 is 0 Å². The normalized spacial score (nSPS) is 12.3. The molecule has 5 nitrogen and oxygen atoms in total. The van der Waals surface area contributed by atoms with Crippen molar-refractivity contribution in [2.45, 2.75) is 46.1 Å². The van der Waals surface area contributed by atoms with E-state index in [1.54, 1.807) is 0 Å². The first-order valence-corrected chi connectivity index (χ1v) is 8.45. The lowest BCUT2D eigenvalue weighted by Gasteiger charge is -2.17. The van der Waals surface area contributed by atoms with E-state index in [-0.39, 0.29) is 0 Å². The summed E-state index contributed by atoms with van der Waals surface area (Å²) >= 11 is 5.35. The predicted octanol–water partition coefficient (Wildman–Crippen LogP) is 2.91. The van der Waals surface area contributed by atoms with E-state index >= 15 is 0 Å². The van der Waals surface area contributed by atoms with Crippen molar-refractivity contribution in [3.8, 4) is 0 Å². The lowest BCUT2D eigenvalue weighted by molar-refractivity contribution is 0.445. The molecule has 0 unspecified atom stereocenters.